The zero-order valence-electron chi connectivity index (χ0n) is 11.2. The van der Waals surface area contributed by atoms with Crippen molar-refractivity contribution in [3.05, 3.63) is 42.2 Å². The van der Waals surface area contributed by atoms with Crippen LogP contribution in [-0.4, -0.2) is 23.6 Å². The van der Waals surface area contributed by atoms with Crippen LogP contribution in [0.3, 0.4) is 0 Å². The molecule has 2 heterocycles. The van der Waals surface area contributed by atoms with Crippen molar-refractivity contribution < 1.29 is 19.1 Å². The number of carbonyl (C=O) groups is 2. The molecule has 3 rings (SSSR count). The van der Waals surface area contributed by atoms with Gasteiger partial charge < -0.3 is 19.4 Å². The molecule has 2 aromatic rings. The number of aromatic nitrogens is 1. The number of rotatable bonds is 5. The highest BCUT2D eigenvalue weighted by molar-refractivity contribution is 5.91. The molecule has 0 atom stereocenters. The Labute approximate surface area is 121 Å². The molecule has 1 aliphatic rings. The first kappa shape index (κ1) is 13.2. The summed E-state index contributed by atoms with van der Waals surface area (Å²) in [6.45, 7) is 0.659. The molecule has 0 unspecified atom stereocenters. The predicted molar refractivity (Wildman–Crippen MR) is 75.6 cm³/mol. The first-order valence-corrected chi connectivity index (χ1v) is 6.56. The number of amides is 1. The lowest BCUT2D eigenvalue weighted by atomic mass is 10.2. The van der Waals surface area contributed by atoms with Crippen LogP contribution in [0, 0.1) is 0 Å². The summed E-state index contributed by atoms with van der Waals surface area (Å²) in [6, 6.07) is 8.74. The van der Waals surface area contributed by atoms with Crippen molar-refractivity contribution in [2.45, 2.75) is 13.0 Å². The predicted octanol–water partition coefficient (Wildman–Crippen LogP) is 2.06. The van der Waals surface area contributed by atoms with E-state index in [0.29, 0.717) is 29.4 Å². The molecule has 6 nitrogen and oxygen atoms in total. The third-order valence-corrected chi connectivity index (χ3v) is 3.22. The molecule has 1 aromatic carbocycles. The summed E-state index contributed by atoms with van der Waals surface area (Å²) in [7, 11) is 0. The number of fused-ring (bicyclic) bond motifs is 1. The van der Waals surface area contributed by atoms with Crippen molar-refractivity contribution >= 4 is 17.9 Å². The van der Waals surface area contributed by atoms with Crippen molar-refractivity contribution in [3.8, 4) is 11.5 Å². The number of hydrogen-bond acceptors (Lipinski definition) is 4. The van der Waals surface area contributed by atoms with E-state index in [0.717, 1.165) is 6.29 Å². The molecule has 1 aromatic heterocycles. The fraction of sp³-hybridized carbons (Fsp3) is 0.200. The lowest BCUT2D eigenvalue weighted by Gasteiger charge is -2.07. The van der Waals surface area contributed by atoms with Gasteiger partial charge in [0.25, 0.3) is 0 Å². The van der Waals surface area contributed by atoms with Crippen LogP contribution in [0.25, 0.3) is 0 Å². The van der Waals surface area contributed by atoms with E-state index in [1.165, 1.54) is 0 Å². The third-order valence-electron chi connectivity index (χ3n) is 3.22. The van der Waals surface area contributed by atoms with Gasteiger partial charge in [-0.25, -0.2) is 0 Å². The van der Waals surface area contributed by atoms with Gasteiger partial charge in [-0.15, -0.1) is 0 Å². The summed E-state index contributed by atoms with van der Waals surface area (Å²) in [6.07, 6.45) is 2.83. The van der Waals surface area contributed by atoms with Crippen LogP contribution < -0.4 is 14.8 Å². The number of carbonyl (C=O) groups excluding carboxylic acids is 2. The Kier molecular flexibility index (Phi) is 3.59. The van der Waals surface area contributed by atoms with Gasteiger partial charge >= 0.3 is 0 Å². The Bertz CT molecular complexity index is 678. The van der Waals surface area contributed by atoms with Gasteiger partial charge in [0.1, 0.15) is 0 Å². The third kappa shape index (κ3) is 2.89. The SMILES string of the molecule is O=Cc1cccn1CCC(=O)Nc1ccc2c(c1)OCO2. The van der Waals surface area contributed by atoms with E-state index in [4.69, 9.17) is 9.47 Å². The highest BCUT2D eigenvalue weighted by Crippen LogP contribution is 2.34. The molecular formula is C15H14N2O4. The van der Waals surface area contributed by atoms with E-state index >= 15 is 0 Å². The van der Waals surface area contributed by atoms with Crippen LogP contribution in [-0.2, 0) is 11.3 Å². The Balaban J connectivity index is 1.58. The van der Waals surface area contributed by atoms with Gasteiger partial charge in [-0.3, -0.25) is 9.59 Å². The molecule has 1 N–H and O–H groups in total. The van der Waals surface area contributed by atoms with Crippen LogP contribution in [0.15, 0.2) is 36.5 Å². The van der Waals surface area contributed by atoms with E-state index in [-0.39, 0.29) is 19.1 Å². The van der Waals surface area contributed by atoms with Gasteiger partial charge in [-0.2, -0.15) is 0 Å². The second kappa shape index (κ2) is 5.70. The number of nitrogens with zero attached hydrogens (tertiary/aromatic N) is 1. The average Bonchev–Trinajstić information content (AvgIpc) is 3.13. The summed E-state index contributed by atoms with van der Waals surface area (Å²) in [5.41, 5.74) is 1.22. The van der Waals surface area contributed by atoms with Crippen molar-refractivity contribution in [1.29, 1.82) is 0 Å². The molecule has 0 fully saturated rings. The van der Waals surface area contributed by atoms with Crippen molar-refractivity contribution in [2.75, 3.05) is 12.1 Å². The molecule has 21 heavy (non-hydrogen) atoms. The highest BCUT2D eigenvalue weighted by Gasteiger charge is 2.14. The van der Waals surface area contributed by atoms with Gasteiger partial charge in [0.2, 0.25) is 12.7 Å². The number of ether oxygens (including phenoxy) is 2. The van der Waals surface area contributed by atoms with Crippen molar-refractivity contribution in [1.82, 2.24) is 4.57 Å². The van der Waals surface area contributed by atoms with Crippen LogP contribution >= 0.6 is 0 Å². The highest BCUT2D eigenvalue weighted by atomic mass is 16.7. The Morgan fingerprint density at radius 1 is 1.29 bits per heavy atom. The Morgan fingerprint density at radius 2 is 2.14 bits per heavy atom. The largest absolute Gasteiger partial charge is 0.454 e. The van der Waals surface area contributed by atoms with E-state index in [9.17, 15) is 9.59 Å². The monoisotopic (exact) mass is 286 g/mol. The molecule has 0 saturated carbocycles. The van der Waals surface area contributed by atoms with Gasteiger partial charge in [-0.05, 0) is 24.3 Å². The summed E-state index contributed by atoms with van der Waals surface area (Å²) in [4.78, 5) is 22.7. The van der Waals surface area contributed by atoms with Crippen LogP contribution in [0.4, 0.5) is 5.69 Å². The zero-order chi connectivity index (χ0) is 14.7. The fourth-order valence-electron chi connectivity index (χ4n) is 2.16. The Hall–Kier alpha value is -2.76. The topological polar surface area (TPSA) is 69.6 Å². The molecule has 0 aliphatic carbocycles. The summed E-state index contributed by atoms with van der Waals surface area (Å²) in [5.74, 6) is 1.18. The number of aldehydes is 1. The maximum Gasteiger partial charge on any atom is 0.231 e. The van der Waals surface area contributed by atoms with Gasteiger partial charge in [0.05, 0.1) is 5.69 Å². The molecular weight excluding hydrogens is 272 g/mol. The maximum absolute atomic E-state index is 11.9. The van der Waals surface area contributed by atoms with Crippen molar-refractivity contribution in [2.24, 2.45) is 0 Å². The molecule has 0 saturated heterocycles. The quantitative estimate of drug-likeness (QED) is 0.854. The first-order valence-electron chi connectivity index (χ1n) is 6.56. The molecule has 0 bridgehead atoms. The van der Waals surface area contributed by atoms with Gasteiger partial charge in [-0.1, -0.05) is 0 Å². The first-order chi connectivity index (χ1) is 10.3. The fourth-order valence-corrected chi connectivity index (χ4v) is 2.16. The van der Waals surface area contributed by atoms with Gasteiger partial charge in [0, 0.05) is 30.9 Å². The number of anilines is 1. The smallest absolute Gasteiger partial charge is 0.231 e. The minimum absolute atomic E-state index is 0.126. The maximum atomic E-state index is 11.9. The number of hydrogen-bond donors (Lipinski definition) is 1. The zero-order valence-corrected chi connectivity index (χ0v) is 11.2. The second-order valence-corrected chi connectivity index (χ2v) is 4.61. The standard InChI is InChI=1S/C15H14N2O4/c18-9-12-2-1-6-17(12)7-5-15(19)16-11-3-4-13-14(8-11)21-10-20-13/h1-4,6,8-9H,5,7,10H2,(H,16,19). The van der Waals surface area contributed by atoms with Crippen LogP contribution in [0.2, 0.25) is 0 Å². The normalized spacial score (nSPS) is 12.2. The molecule has 0 spiro atoms. The number of aryl methyl sites for hydroxylation is 1. The van der Waals surface area contributed by atoms with Crippen LogP contribution in [0.5, 0.6) is 11.5 Å². The molecule has 1 amide bonds. The molecule has 1 aliphatic heterocycles. The Morgan fingerprint density at radius 3 is 3.00 bits per heavy atom. The van der Waals surface area contributed by atoms with E-state index in [1.54, 1.807) is 41.1 Å². The lowest BCUT2D eigenvalue weighted by Crippen LogP contribution is -2.15. The van der Waals surface area contributed by atoms with E-state index < -0.39 is 0 Å². The minimum atomic E-state index is -0.126. The summed E-state index contributed by atoms with van der Waals surface area (Å²) >= 11 is 0. The summed E-state index contributed by atoms with van der Waals surface area (Å²) < 4.78 is 12.2. The minimum Gasteiger partial charge on any atom is -0.454 e. The average molecular weight is 286 g/mol. The summed E-state index contributed by atoms with van der Waals surface area (Å²) in [5, 5.41) is 2.80. The van der Waals surface area contributed by atoms with Crippen molar-refractivity contribution in [3.63, 3.8) is 0 Å². The van der Waals surface area contributed by atoms with E-state index in [1.807, 2.05) is 0 Å². The van der Waals surface area contributed by atoms with E-state index in [2.05, 4.69) is 5.32 Å². The number of nitrogens with one attached hydrogen (secondary N) is 1. The molecule has 108 valence electrons. The van der Waals surface area contributed by atoms with Gasteiger partial charge in [0.15, 0.2) is 17.8 Å². The second-order valence-electron chi connectivity index (χ2n) is 4.61. The van der Waals surface area contributed by atoms with Crippen LogP contribution in [0.1, 0.15) is 16.9 Å². The molecule has 6 heteroatoms. The number of benzene rings is 1. The molecule has 0 radical (unpaired) electrons. The lowest BCUT2D eigenvalue weighted by molar-refractivity contribution is -0.116.